The van der Waals surface area contributed by atoms with Gasteiger partial charge in [0, 0.05) is 48.7 Å². The van der Waals surface area contributed by atoms with Gasteiger partial charge in [0.1, 0.15) is 24.2 Å². The number of fused-ring (bicyclic) bond motifs is 1. The van der Waals surface area contributed by atoms with Gasteiger partial charge in [0.2, 0.25) is 29.5 Å². The summed E-state index contributed by atoms with van der Waals surface area (Å²) in [5, 5.41) is 17.3. The number of carboxylic acids is 1. The molecule has 2 aromatic carbocycles. The number of carbonyl (C=O) groups excluding carboxylic acids is 5. The molecule has 0 aliphatic carbocycles. The number of aromatic nitrogens is 1. The number of carboxylic acid groups (broad SMARTS) is 1. The molecule has 1 aliphatic rings. The van der Waals surface area contributed by atoms with E-state index in [4.69, 9.17) is 5.73 Å². The van der Waals surface area contributed by atoms with Crippen LogP contribution < -0.4 is 21.7 Å². The molecule has 1 fully saturated rings. The molecule has 2 heterocycles. The van der Waals surface area contributed by atoms with Crippen molar-refractivity contribution in [1.82, 2.24) is 25.8 Å². The number of primary amides is 1. The molecule has 14 heteroatoms. The molecule has 7 N–H and O–H groups in total. The number of nitrogens with two attached hydrogens (primary N) is 1. The molecule has 0 spiro atoms. The molecule has 45 heavy (non-hydrogen) atoms. The Kier molecular flexibility index (Phi) is 10.8. The Hall–Kier alpha value is -4.85. The largest absolute Gasteiger partial charge is 0.481 e. The molecule has 0 unspecified atom stereocenters. The lowest BCUT2D eigenvalue weighted by Crippen LogP contribution is -2.59. The smallest absolute Gasteiger partial charge is 0.305 e. The molecule has 1 aromatic heterocycles. The van der Waals surface area contributed by atoms with Crippen LogP contribution >= 0.6 is 12.6 Å². The Morgan fingerprint density at radius 2 is 1.64 bits per heavy atom. The first kappa shape index (κ1) is 33.1. The topological polar surface area (TPSA) is 204 Å². The van der Waals surface area contributed by atoms with Crippen molar-refractivity contribution in [3.8, 4) is 0 Å². The Labute approximate surface area is 264 Å². The number of para-hydroxylation sites is 1. The van der Waals surface area contributed by atoms with Crippen molar-refractivity contribution in [2.24, 2.45) is 5.73 Å². The molecule has 13 nitrogen and oxygen atoms in total. The molecule has 5 amide bonds. The number of aromatic amines is 1. The summed E-state index contributed by atoms with van der Waals surface area (Å²) < 4.78 is 0. The highest BCUT2D eigenvalue weighted by Gasteiger charge is 2.43. The van der Waals surface area contributed by atoms with Gasteiger partial charge in [0.15, 0.2) is 0 Å². The third kappa shape index (κ3) is 8.41. The highest BCUT2D eigenvalue weighted by Crippen LogP contribution is 2.26. The van der Waals surface area contributed by atoms with Crippen LogP contribution in [0.5, 0.6) is 0 Å². The molecule has 5 atom stereocenters. The van der Waals surface area contributed by atoms with Crippen molar-refractivity contribution in [1.29, 1.82) is 0 Å². The van der Waals surface area contributed by atoms with Crippen LogP contribution in [0.15, 0.2) is 60.8 Å². The number of thiol groups is 1. The van der Waals surface area contributed by atoms with Gasteiger partial charge in [-0.3, -0.25) is 28.8 Å². The van der Waals surface area contributed by atoms with Crippen molar-refractivity contribution in [3.05, 3.63) is 71.9 Å². The number of carbonyl (C=O) groups is 6. The van der Waals surface area contributed by atoms with Gasteiger partial charge in [-0.15, -0.1) is 0 Å². The molecule has 0 radical (unpaired) electrons. The molecule has 0 bridgehead atoms. The maximum Gasteiger partial charge on any atom is 0.305 e. The number of benzene rings is 2. The zero-order valence-electron chi connectivity index (χ0n) is 24.6. The average molecular weight is 637 g/mol. The molecule has 3 aromatic rings. The molecule has 1 aliphatic heterocycles. The quantitative estimate of drug-likeness (QED) is 0.131. The molecule has 4 rings (SSSR count). The summed E-state index contributed by atoms with van der Waals surface area (Å²) in [4.78, 5) is 81.0. The van der Waals surface area contributed by atoms with Crippen molar-refractivity contribution in [2.75, 3.05) is 6.54 Å². The number of aliphatic carboxylic acids is 1. The van der Waals surface area contributed by atoms with Crippen LogP contribution in [0.2, 0.25) is 0 Å². The minimum Gasteiger partial charge on any atom is -0.481 e. The van der Waals surface area contributed by atoms with Gasteiger partial charge in [-0.05, 0) is 23.6 Å². The zero-order valence-corrected chi connectivity index (χ0v) is 25.5. The van der Waals surface area contributed by atoms with E-state index in [1.807, 2.05) is 24.3 Å². The van der Waals surface area contributed by atoms with Gasteiger partial charge in [-0.1, -0.05) is 48.5 Å². The normalized spacial score (nSPS) is 18.0. The Bertz CT molecular complexity index is 1580. The highest BCUT2D eigenvalue weighted by atomic mass is 32.1. The van der Waals surface area contributed by atoms with Crippen molar-refractivity contribution in [3.63, 3.8) is 0 Å². The van der Waals surface area contributed by atoms with Crippen LogP contribution in [0.4, 0.5) is 0 Å². The van der Waals surface area contributed by atoms with Crippen LogP contribution in [0.1, 0.15) is 30.9 Å². The highest BCUT2D eigenvalue weighted by molar-refractivity contribution is 7.81. The second kappa shape index (κ2) is 14.8. The fourth-order valence-corrected chi connectivity index (χ4v) is 5.90. The lowest BCUT2D eigenvalue weighted by Gasteiger charge is -2.31. The fraction of sp³-hybridized carbons (Fsp3) is 0.355. The minimum absolute atomic E-state index is 0.0558. The average Bonchev–Trinajstić information content (AvgIpc) is 3.59. The van der Waals surface area contributed by atoms with Gasteiger partial charge in [-0.2, -0.15) is 12.6 Å². The number of nitrogens with zero attached hydrogens (tertiary/aromatic N) is 1. The standard InChI is InChI=1S/C31H36N6O7S/c1-17(38)34-24(14-19-16-33-21-10-6-5-9-20(19)21)31(44)37-12-11-25(45)27(37)30(43)36-23(15-26(39)40)29(42)35-22(28(32)41)13-18-7-3-2-4-8-18/h2-10,16,22-25,27,33,45H,11-15H2,1H3,(H2,32,41)(H,34,38)(H,35,42)(H,36,43)(H,39,40)/t22-,23-,24-,25+,27+/m0/s1. The van der Waals surface area contributed by atoms with E-state index in [9.17, 15) is 33.9 Å². The van der Waals surface area contributed by atoms with Crippen LogP contribution in [0.3, 0.4) is 0 Å². The summed E-state index contributed by atoms with van der Waals surface area (Å²) in [5.74, 6) is -4.89. The van der Waals surface area contributed by atoms with Crippen LogP contribution in [0.25, 0.3) is 10.9 Å². The van der Waals surface area contributed by atoms with Gasteiger partial charge in [0.25, 0.3) is 0 Å². The maximum absolute atomic E-state index is 13.9. The van der Waals surface area contributed by atoms with Crippen molar-refractivity contribution >= 4 is 59.0 Å². The van der Waals surface area contributed by atoms with E-state index < -0.39 is 71.3 Å². The summed E-state index contributed by atoms with van der Waals surface area (Å²) in [6.45, 7) is 1.43. The number of H-pyrrole nitrogens is 1. The third-order valence-electron chi connectivity index (χ3n) is 7.65. The first-order valence-corrected chi connectivity index (χ1v) is 14.9. The van der Waals surface area contributed by atoms with Gasteiger partial charge < -0.3 is 36.7 Å². The number of rotatable bonds is 13. The summed E-state index contributed by atoms with van der Waals surface area (Å²) in [5.41, 5.74) is 7.86. The van der Waals surface area contributed by atoms with Crippen LogP contribution in [0, 0.1) is 0 Å². The second-order valence-corrected chi connectivity index (χ2v) is 11.6. The first-order valence-electron chi connectivity index (χ1n) is 14.4. The number of hydrogen-bond acceptors (Lipinski definition) is 7. The van der Waals surface area contributed by atoms with Gasteiger partial charge in [0.05, 0.1) is 6.42 Å². The minimum atomic E-state index is -1.58. The van der Waals surface area contributed by atoms with E-state index in [2.05, 4.69) is 33.6 Å². The number of amides is 5. The number of hydrogen-bond donors (Lipinski definition) is 7. The Morgan fingerprint density at radius 1 is 0.956 bits per heavy atom. The SMILES string of the molecule is CC(=O)N[C@@H](Cc1c[nH]c2ccccc12)C(=O)N1CC[C@@H](S)[C@@H]1C(=O)N[C@@H](CC(=O)O)C(=O)N[C@@H](Cc1ccccc1)C(N)=O. The Balaban J connectivity index is 1.51. The van der Waals surface area contributed by atoms with E-state index in [-0.39, 0.29) is 19.4 Å². The molecular weight excluding hydrogens is 600 g/mol. The van der Waals surface area contributed by atoms with Crippen molar-refractivity contribution in [2.45, 2.75) is 62.0 Å². The predicted octanol–water partition coefficient (Wildman–Crippen LogP) is 0.287. The lowest BCUT2D eigenvalue weighted by atomic mass is 10.0. The second-order valence-electron chi connectivity index (χ2n) is 11.0. The van der Waals surface area contributed by atoms with E-state index in [1.54, 1.807) is 36.5 Å². The summed E-state index contributed by atoms with van der Waals surface area (Å²) in [6.07, 6.45) is 1.50. The van der Waals surface area contributed by atoms with Gasteiger partial charge >= 0.3 is 5.97 Å². The van der Waals surface area contributed by atoms with E-state index >= 15 is 0 Å². The summed E-state index contributed by atoms with van der Waals surface area (Å²) in [6, 6.07) is 11.3. The summed E-state index contributed by atoms with van der Waals surface area (Å²) in [7, 11) is 0. The van der Waals surface area contributed by atoms with Crippen LogP contribution in [-0.2, 0) is 41.6 Å². The monoisotopic (exact) mass is 636 g/mol. The van der Waals surface area contributed by atoms with Crippen LogP contribution in [-0.4, -0.2) is 86.5 Å². The third-order valence-corrected chi connectivity index (χ3v) is 8.19. The van der Waals surface area contributed by atoms with E-state index in [0.717, 1.165) is 16.5 Å². The Morgan fingerprint density at radius 3 is 2.31 bits per heavy atom. The van der Waals surface area contributed by atoms with Crippen molar-refractivity contribution < 1.29 is 33.9 Å². The fourth-order valence-electron chi connectivity index (χ4n) is 5.49. The van der Waals surface area contributed by atoms with Gasteiger partial charge in [-0.25, -0.2) is 0 Å². The zero-order chi connectivity index (χ0) is 32.7. The van der Waals surface area contributed by atoms with E-state index in [1.165, 1.54) is 11.8 Å². The molecule has 238 valence electrons. The molecule has 0 saturated carbocycles. The molecular formula is C31H36N6O7S. The first-order chi connectivity index (χ1) is 21.4. The number of nitrogens with one attached hydrogen (secondary N) is 4. The maximum atomic E-state index is 13.9. The summed E-state index contributed by atoms with van der Waals surface area (Å²) >= 11 is 4.51. The lowest BCUT2D eigenvalue weighted by molar-refractivity contribution is -0.143. The predicted molar refractivity (Wildman–Crippen MR) is 168 cm³/mol. The van der Waals surface area contributed by atoms with E-state index in [0.29, 0.717) is 12.0 Å². The molecule has 1 saturated heterocycles. The number of likely N-dealkylation sites (tertiary alicyclic amines) is 1.